The second kappa shape index (κ2) is 4.66. The highest BCUT2D eigenvalue weighted by molar-refractivity contribution is 9.10. The zero-order valence-corrected chi connectivity index (χ0v) is 13.2. The van der Waals surface area contributed by atoms with Gasteiger partial charge in [0.2, 0.25) is 0 Å². The third-order valence-corrected chi connectivity index (χ3v) is 5.46. The van der Waals surface area contributed by atoms with E-state index in [0.717, 1.165) is 15.7 Å². The molecule has 0 amide bonds. The topological polar surface area (TPSA) is 26.0 Å². The largest absolute Gasteiger partial charge is 0.398 e. The van der Waals surface area contributed by atoms with Gasteiger partial charge in [0.25, 0.3) is 0 Å². The maximum absolute atomic E-state index is 6.20. The van der Waals surface area contributed by atoms with Crippen LogP contribution >= 0.6 is 27.3 Å². The van der Waals surface area contributed by atoms with Crippen LogP contribution in [0.2, 0.25) is 0 Å². The number of nitrogen functional groups attached to an aromatic ring is 1. The third kappa shape index (κ3) is 2.07. The highest BCUT2D eigenvalue weighted by Crippen LogP contribution is 2.40. The smallest absolute Gasteiger partial charge is 0.0491 e. The fraction of sp³-hybridized carbons (Fsp3) is 0.125. The quantitative estimate of drug-likeness (QED) is 0.583. The summed E-state index contributed by atoms with van der Waals surface area (Å²) in [6, 6.07) is 10.5. The van der Waals surface area contributed by atoms with Gasteiger partial charge >= 0.3 is 0 Å². The highest BCUT2D eigenvalue weighted by atomic mass is 79.9. The van der Waals surface area contributed by atoms with Crippen LogP contribution in [0.3, 0.4) is 0 Å². The number of hydrogen-bond donors (Lipinski definition) is 1. The molecule has 0 aliphatic heterocycles. The van der Waals surface area contributed by atoms with Gasteiger partial charge in [-0.2, -0.15) is 0 Å². The van der Waals surface area contributed by atoms with Gasteiger partial charge in [0, 0.05) is 31.4 Å². The molecular weight excluding hydrogens is 318 g/mol. The molecule has 96 valence electrons. The number of anilines is 1. The van der Waals surface area contributed by atoms with Crippen molar-refractivity contribution in [1.82, 2.24) is 0 Å². The summed E-state index contributed by atoms with van der Waals surface area (Å²) in [5.74, 6) is 0. The second-order valence-electron chi connectivity index (χ2n) is 4.79. The van der Waals surface area contributed by atoms with Crippen LogP contribution in [0.25, 0.3) is 21.2 Å². The second-order valence-corrected chi connectivity index (χ2v) is 6.52. The SMILES string of the molecule is Cc1cc(N)c(-c2csc3c(Br)cccc23)cc1C. The summed E-state index contributed by atoms with van der Waals surface area (Å²) < 4.78 is 2.42. The molecule has 19 heavy (non-hydrogen) atoms. The van der Waals surface area contributed by atoms with E-state index in [0.29, 0.717) is 0 Å². The lowest BCUT2D eigenvalue weighted by atomic mass is 9.98. The van der Waals surface area contributed by atoms with Gasteiger partial charge in [0.05, 0.1) is 0 Å². The zero-order chi connectivity index (χ0) is 13.6. The average Bonchev–Trinajstić information content (AvgIpc) is 2.79. The van der Waals surface area contributed by atoms with Crippen LogP contribution in [-0.4, -0.2) is 0 Å². The predicted molar refractivity (Wildman–Crippen MR) is 88.8 cm³/mol. The zero-order valence-electron chi connectivity index (χ0n) is 10.8. The number of benzene rings is 2. The van der Waals surface area contributed by atoms with Crippen LogP contribution < -0.4 is 5.73 Å². The Hall–Kier alpha value is -1.32. The number of thiophene rings is 1. The standard InChI is InChI=1S/C16H14BrNS/c1-9-6-12(15(18)7-10(9)2)13-8-19-16-11(13)4-3-5-14(16)17/h3-8H,18H2,1-2H3. The fourth-order valence-corrected chi connectivity index (χ4v) is 3.92. The third-order valence-electron chi connectivity index (χ3n) is 3.51. The fourth-order valence-electron chi connectivity index (χ4n) is 2.30. The van der Waals surface area contributed by atoms with Crippen molar-refractivity contribution in [3.8, 4) is 11.1 Å². The maximum atomic E-state index is 6.20. The van der Waals surface area contributed by atoms with E-state index in [1.54, 1.807) is 11.3 Å². The average molecular weight is 332 g/mol. The predicted octanol–water partition coefficient (Wildman–Crippen LogP) is 5.53. The molecule has 0 spiro atoms. The van der Waals surface area contributed by atoms with Crippen molar-refractivity contribution < 1.29 is 0 Å². The van der Waals surface area contributed by atoms with Crippen LogP contribution in [0.4, 0.5) is 5.69 Å². The van der Waals surface area contributed by atoms with E-state index in [-0.39, 0.29) is 0 Å². The summed E-state index contributed by atoms with van der Waals surface area (Å²) in [6.07, 6.45) is 0. The number of aryl methyl sites for hydroxylation is 2. The minimum atomic E-state index is 0.850. The molecular formula is C16H14BrNS. The van der Waals surface area contributed by atoms with Crippen molar-refractivity contribution in [3.63, 3.8) is 0 Å². The van der Waals surface area contributed by atoms with Crippen molar-refractivity contribution >= 4 is 43.0 Å². The molecule has 0 saturated carbocycles. The molecule has 0 fully saturated rings. The lowest BCUT2D eigenvalue weighted by Gasteiger charge is -2.09. The van der Waals surface area contributed by atoms with Crippen molar-refractivity contribution in [2.45, 2.75) is 13.8 Å². The van der Waals surface area contributed by atoms with Gasteiger partial charge in [0.1, 0.15) is 0 Å². The Kier molecular flexibility index (Phi) is 3.11. The monoisotopic (exact) mass is 331 g/mol. The molecule has 1 heterocycles. The first-order valence-electron chi connectivity index (χ1n) is 6.10. The van der Waals surface area contributed by atoms with Gasteiger partial charge in [-0.1, -0.05) is 12.1 Å². The first kappa shape index (κ1) is 12.7. The molecule has 0 bridgehead atoms. The van der Waals surface area contributed by atoms with Gasteiger partial charge in [-0.3, -0.25) is 0 Å². The van der Waals surface area contributed by atoms with Crippen LogP contribution in [0.1, 0.15) is 11.1 Å². The van der Waals surface area contributed by atoms with Gasteiger partial charge in [-0.05, 0) is 64.5 Å². The Labute approximate surface area is 125 Å². The normalized spacial score (nSPS) is 11.1. The van der Waals surface area contributed by atoms with E-state index >= 15 is 0 Å². The lowest BCUT2D eigenvalue weighted by molar-refractivity contribution is 1.35. The molecule has 3 aromatic rings. The Morgan fingerprint density at radius 2 is 1.79 bits per heavy atom. The van der Waals surface area contributed by atoms with E-state index in [1.165, 1.54) is 26.8 Å². The molecule has 1 aromatic heterocycles. The van der Waals surface area contributed by atoms with Crippen molar-refractivity contribution in [3.05, 3.63) is 51.3 Å². The summed E-state index contributed by atoms with van der Waals surface area (Å²) in [4.78, 5) is 0. The highest BCUT2D eigenvalue weighted by Gasteiger charge is 2.11. The molecule has 0 unspecified atom stereocenters. The van der Waals surface area contributed by atoms with Gasteiger partial charge in [-0.25, -0.2) is 0 Å². The van der Waals surface area contributed by atoms with Crippen molar-refractivity contribution in [1.29, 1.82) is 0 Å². The number of halogens is 1. The van der Waals surface area contributed by atoms with E-state index in [2.05, 4.69) is 65.5 Å². The van der Waals surface area contributed by atoms with Gasteiger partial charge < -0.3 is 5.73 Å². The maximum Gasteiger partial charge on any atom is 0.0491 e. The molecule has 0 aliphatic carbocycles. The molecule has 3 rings (SSSR count). The summed E-state index contributed by atoms with van der Waals surface area (Å²) in [5.41, 5.74) is 11.9. The van der Waals surface area contributed by atoms with E-state index in [1.807, 2.05) is 0 Å². The van der Waals surface area contributed by atoms with Gasteiger partial charge in [0.15, 0.2) is 0 Å². The van der Waals surface area contributed by atoms with Crippen LogP contribution in [0, 0.1) is 13.8 Å². The number of rotatable bonds is 1. The van der Waals surface area contributed by atoms with Crippen LogP contribution in [-0.2, 0) is 0 Å². The first-order valence-corrected chi connectivity index (χ1v) is 7.78. The molecule has 0 aliphatic rings. The molecule has 1 nitrogen and oxygen atoms in total. The molecule has 2 N–H and O–H groups in total. The first-order chi connectivity index (χ1) is 9.08. The van der Waals surface area contributed by atoms with Crippen LogP contribution in [0.5, 0.6) is 0 Å². The molecule has 2 aromatic carbocycles. The van der Waals surface area contributed by atoms with Gasteiger partial charge in [-0.15, -0.1) is 11.3 Å². The number of fused-ring (bicyclic) bond motifs is 1. The van der Waals surface area contributed by atoms with Crippen LogP contribution in [0.15, 0.2) is 40.2 Å². The number of nitrogens with two attached hydrogens (primary N) is 1. The minimum absolute atomic E-state index is 0.850. The Morgan fingerprint density at radius 3 is 2.58 bits per heavy atom. The molecule has 0 radical (unpaired) electrons. The van der Waals surface area contributed by atoms with E-state index in [9.17, 15) is 0 Å². The summed E-state index contributed by atoms with van der Waals surface area (Å²) in [7, 11) is 0. The van der Waals surface area contributed by atoms with E-state index < -0.39 is 0 Å². The Bertz CT molecular complexity index is 774. The molecule has 0 saturated heterocycles. The van der Waals surface area contributed by atoms with Crippen molar-refractivity contribution in [2.24, 2.45) is 0 Å². The molecule has 3 heteroatoms. The minimum Gasteiger partial charge on any atom is -0.398 e. The molecule has 0 atom stereocenters. The lowest BCUT2D eigenvalue weighted by Crippen LogP contribution is -1.93. The summed E-state index contributed by atoms with van der Waals surface area (Å²) >= 11 is 5.36. The Morgan fingerprint density at radius 1 is 1.05 bits per heavy atom. The Balaban J connectivity index is 2.31. The summed E-state index contributed by atoms with van der Waals surface area (Å²) in [5, 5.41) is 3.45. The van der Waals surface area contributed by atoms with E-state index in [4.69, 9.17) is 5.73 Å². The van der Waals surface area contributed by atoms with Crippen molar-refractivity contribution in [2.75, 3.05) is 5.73 Å². The number of hydrogen-bond acceptors (Lipinski definition) is 2. The summed E-state index contributed by atoms with van der Waals surface area (Å²) in [6.45, 7) is 4.22.